The molecule has 2 heteroatoms. The van der Waals surface area contributed by atoms with Crippen LogP contribution in [0.4, 0.5) is 0 Å². The summed E-state index contributed by atoms with van der Waals surface area (Å²) in [6.07, 6.45) is 8.83. The topological polar surface area (TPSA) is 17.8 Å². The van der Waals surface area contributed by atoms with Gasteiger partial charge >= 0.3 is 0 Å². The Morgan fingerprint density at radius 1 is 1.12 bits per heavy atom. The first-order valence-corrected chi connectivity index (χ1v) is 6.79. The van der Waals surface area contributed by atoms with E-state index >= 15 is 0 Å². The maximum atomic E-state index is 4.11. The van der Waals surface area contributed by atoms with Crippen molar-refractivity contribution in [3.8, 4) is 0 Å². The molecule has 0 fully saturated rings. The van der Waals surface area contributed by atoms with E-state index in [0.29, 0.717) is 0 Å². The van der Waals surface area contributed by atoms with Crippen molar-refractivity contribution < 1.29 is 0 Å². The van der Waals surface area contributed by atoms with E-state index in [1.807, 2.05) is 26.4 Å². The van der Waals surface area contributed by atoms with Gasteiger partial charge in [-0.2, -0.15) is 0 Å². The molecule has 1 aromatic heterocycles. The molecule has 0 radical (unpaired) electrons. The predicted octanol–water partition coefficient (Wildman–Crippen LogP) is 4.69. The standard InChI is InChI=1S/C9H16N2.C3H8.C2H6/c1-3-5-6-9-7-10-8-11(9)4-2;1-3-2;1-2/h7-8H,3-6H2,1-2H3;3H2,1-2H3;1-2H3. The van der Waals surface area contributed by atoms with Crippen molar-refractivity contribution >= 4 is 0 Å². The third-order valence-corrected chi connectivity index (χ3v) is 1.93. The monoisotopic (exact) mass is 226 g/mol. The summed E-state index contributed by atoms with van der Waals surface area (Å²) in [5, 5.41) is 0. The van der Waals surface area contributed by atoms with Crippen LogP contribution >= 0.6 is 0 Å². The average Bonchev–Trinajstić information content (AvgIpc) is 2.77. The lowest BCUT2D eigenvalue weighted by atomic mass is 10.2. The third-order valence-electron chi connectivity index (χ3n) is 1.93. The molecule has 0 aliphatic rings. The highest BCUT2D eigenvalue weighted by molar-refractivity contribution is 4.97. The number of hydrogen-bond acceptors (Lipinski definition) is 1. The molecule has 0 spiro atoms. The lowest BCUT2D eigenvalue weighted by molar-refractivity contribution is 0.678. The largest absolute Gasteiger partial charge is 0.335 e. The van der Waals surface area contributed by atoms with Crippen LogP contribution in [0.2, 0.25) is 0 Å². The van der Waals surface area contributed by atoms with Gasteiger partial charge in [0.2, 0.25) is 0 Å². The van der Waals surface area contributed by atoms with Crippen molar-refractivity contribution in [2.45, 2.75) is 73.8 Å². The normalized spacial score (nSPS) is 8.62. The Kier molecular flexibility index (Phi) is 15.6. The zero-order valence-electron chi connectivity index (χ0n) is 12.1. The van der Waals surface area contributed by atoms with Crippen LogP contribution in [0.1, 0.15) is 66.5 Å². The van der Waals surface area contributed by atoms with Crippen molar-refractivity contribution in [2.75, 3.05) is 0 Å². The fraction of sp³-hybridized carbons (Fsp3) is 0.786. The molecule has 96 valence electrons. The molecule has 0 bridgehead atoms. The molecular weight excluding hydrogens is 196 g/mol. The van der Waals surface area contributed by atoms with Gasteiger partial charge in [-0.15, -0.1) is 0 Å². The molecule has 0 aliphatic carbocycles. The second kappa shape index (κ2) is 14.2. The zero-order chi connectivity index (χ0) is 12.8. The summed E-state index contributed by atoms with van der Waals surface area (Å²) < 4.78 is 2.20. The van der Waals surface area contributed by atoms with E-state index in [-0.39, 0.29) is 0 Å². The van der Waals surface area contributed by atoms with Crippen molar-refractivity contribution in [2.24, 2.45) is 0 Å². The lowest BCUT2D eigenvalue weighted by Crippen LogP contribution is -1.98. The third kappa shape index (κ3) is 8.51. The second-order valence-electron chi connectivity index (χ2n) is 3.48. The van der Waals surface area contributed by atoms with E-state index < -0.39 is 0 Å². The highest BCUT2D eigenvalue weighted by Gasteiger charge is 1.97. The van der Waals surface area contributed by atoms with Crippen LogP contribution in [0, 0.1) is 0 Å². The maximum absolute atomic E-state index is 4.11. The molecule has 0 saturated carbocycles. The average molecular weight is 226 g/mol. The molecule has 1 aromatic rings. The van der Waals surface area contributed by atoms with Crippen LogP contribution in [0.15, 0.2) is 12.5 Å². The molecule has 0 saturated heterocycles. The van der Waals surface area contributed by atoms with Crippen LogP contribution in [0.3, 0.4) is 0 Å². The molecular formula is C14H30N2. The number of nitrogens with zero attached hydrogens (tertiary/aromatic N) is 2. The van der Waals surface area contributed by atoms with E-state index in [1.165, 1.54) is 31.4 Å². The summed E-state index contributed by atoms with van der Waals surface area (Å²) in [7, 11) is 0. The molecule has 0 aromatic carbocycles. The molecule has 1 heterocycles. The number of aromatic nitrogens is 2. The SMILES string of the molecule is CC.CCC.CCCCc1cncn1CC. The van der Waals surface area contributed by atoms with Crippen molar-refractivity contribution in [1.29, 1.82) is 0 Å². The molecule has 2 nitrogen and oxygen atoms in total. The van der Waals surface area contributed by atoms with Gasteiger partial charge in [0.15, 0.2) is 0 Å². The van der Waals surface area contributed by atoms with Gasteiger partial charge in [-0.1, -0.05) is 47.5 Å². The number of hydrogen-bond donors (Lipinski definition) is 0. The van der Waals surface area contributed by atoms with E-state index in [9.17, 15) is 0 Å². The van der Waals surface area contributed by atoms with Gasteiger partial charge in [-0.25, -0.2) is 4.98 Å². The fourth-order valence-electron chi connectivity index (χ4n) is 1.20. The Bertz CT molecular complexity index is 216. The molecule has 16 heavy (non-hydrogen) atoms. The summed E-state index contributed by atoms with van der Waals surface area (Å²) in [4.78, 5) is 4.11. The minimum atomic E-state index is 1.04. The minimum Gasteiger partial charge on any atom is -0.335 e. The molecule has 0 unspecified atom stereocenters. The maximum Gasteiger partial charge on any atom is 0.0948 e. The number of aryl methyl sites for hydroxylation is 2. The van der Waals surface area contributed by atoms with Crippen LogP contribution in [-0.2, 0) is 13.0 Å². The summed E-state index contributed by atoms with van der Waals surface area (Å²) >= 11 is 0. The first kappa shape index (κ1) is 17.6. The van der Waals surface area contributed by atoms with E-state index in [0.717, 1.165) is 6.54 Å². The zero-order valence-corrected chi connectivity index (χ0v) is 12.1. The number of unbranched alkanes of at least 4 members (excludes halogenated alkanes) is 1. The highest BCUT2D eigenvalue weighted by atomic mass is 15.0. The predicted molar refractivity (Wildman–Crippen MR) is 73.8 cm³/mol. The first-order valence-electron chi connectivity index (χ1n) is 6.79. The number of imidazole rings is 1. The minimum absolute atomic E-state index is 1.04. The Morgan fingerprint density at radius 3 is 2.12 bits per heavy atom. The van der Waals surface area contributed by atoms with Crippen LogP contribution in [-0.4, -0.2) is 9.55 Å². The number of rotatable bonds is 4. The van der Waals surface area contributed by atoms with Gasteiger partial charge in [0.1, 0.15) is 0 Å². The second-order valence-corrected chi connectivity index (χ2v) is 3.48. The van der Waals surface area contributed by atoms with E-state index in [4.69, 9.17) is 0 Å². The molecule has 1 rings (SSSR count). The molecule has 0 N–H and O–H groups in total. The van der Waals surface area contributed by atoms with Gasteiger partial charge in [0, 0.05) is 18.4 Å². The van der Waals surface area contributed by atoms with E-state index in [2.05, 4.69) is 37.2 Å². The Balaban J connectivity index is 0. The van der Waals surface area contributed by atoms with Crippen LogP contribution in [0.25, 0.3) is 0 Å². The highest BCUT2D eigenvalue weighted by Crippen LogP contribution is 2.03. The lowest BCUT2D eigenvalue weighted by Gasteiger charge is -2.02. The summed E-state index contributed by atoms with van der Waals surface area (Å²) in [6.45, 7) is 13.7. The first-order chi connectivity index (χ1) is 7.79. The molecule has 0 amide bonds. The molecule has 0 atom stereocenters. The summed E-state index contributed by atoms with van der Waals surface area (Å²) in [5.41, 5.74) is 1.37. The van der Waals surface area contributed by atoms with Crippen molar-refractivity contribution in [3.63, 3.8) is 0 Å². The molecule has 0 aliphatic heterocycles. The summed E-state index contributed by atoms with van der Waals surface area (Å²) in [6, 6.07) is 0. The summed E-state index contributed by atoms with van der Waals surface area (Å²) in [5.74, 6) is 0. The van der Waals surface area contributed by atoms with Gasteiger partial charge in [-0.05, 0) is 19.8 Å². The van der Waals surface area contributed by atoms with Gasteiger partial charge in [0.25, 0.3) is 0 Å². The van der Waals surface area contributed by atoms with Gasteiger partial charge < -0.3 is 4.57 Å². The van der Waals surface area contributed by atoms with Gasteiger partial charge in [0.05, 0.1) is 6.33 Å². The smallest absolute Gasteiger partial charge is 0.0948 e. The Morgan fingerprint density at radius 2 is 1.69 bits per heavy atom. The van der Waals surface area contributed by atoms with Crippen molar-refractivity contribution in [3.05, 3.63) is 18.2 Å². The van der Waals surface area contributed by atoms with Gasteiger partial charge in [-0.3, -0.25) is 0 Å². The Hall–Kier alpha value is -0.790. The quantitative estimate of drug-likeness (QED) is 0.728. The Labute approximate surface area is 102 Å². The van der Waals surface area contributed by atoms with Crippen LogP contribution < -0.4 is 0 Å². The van der Waals surface area contributed by atoms with Crippen molar-refractivity contribution in [1.82, 2.24) is 9.55 Å². The van der Waals surface area contributed by atoms with Crippen LogP contribution in [0.5, 0.6) is 0 Å². The fourth-order valence-corrected chi connectivity index (χ4v) is 1.20. The van der Waals surface area contributed by atoms with E-state index in [1.54, 1.807) is 0 Å².